The maximum atomic E-state index is 13.5. The number of benzene rings is 1. The first-order valence-corrected chi connectivity index (χ1v) is 11.0. The van der Waals surface area contributed by atoms with E-state index in [9.17, 15) is 18.8 Å². The Balaban J connectivity index is 1.56. The molecule has 3 aliphatic heterocycles. The second-order valence-electron chi connectivity index (χ2n) is 9.00. The van der Waals surface area contributed by atoms with E-state index in [0.717, 1.165) is 17.6 Å². The van der Waals surface area contributed by atoms with Gasteiger partial charge in [0.1, 0.15) is 17.7 Å². The zero-order valence-corrected chi connectivity index (χ0v) is 19.0. The molecule has 5 rings (SSSR count). The highest BCUT2D eigenvalue weighted by Crippen LogP contribution is 2.44. The van der Waals surface area contributed by atoms with Crippen LogP contribution in [-0.4, -0.2) is 60.9 Å². The Morgan fingerprint density at radius 3 is 2.79 bits per heavy atom. The van der Waals surface area contributed by atoms with Crippen LogP contribution in [0.5, 0.6) is 0 Å². The number of carbonyl (C=O) groups excluding carboxylic acids is 3. The van der Waals surface area contributed by atoms with Gasteiger partial charge in [-0.3, -0.25) is 19.4 Å². The lowest BCUT2D eigenvalue weighted by atomic mass is 9.76. The molecule has 1 aliphatic carbocycles. The molecule has 9 heteroatoms. The average Bonchev–Trinajstić information content (AvgIpc) is 3.05. The summed E-state index contributed by atoms with van der Waals surface area (Å²) < 4.78 is 24.2. The number of hydrogen-bond acceptors (Lipinski definition) is 6. The van der Waals surface area contributed by atoms with Crippen molar-refractivity contribution in [3.8, 4) is 0 Å². The second-order valence-corrected chi connectivity index (χ2v) is 9.00. The summed E-state index contributed by atoms with van der Waals surface area (Å²) >= 11 is 0. The van der Waals surface area contributed by atoms with E-state index in [1.165, 1.54) is 20.1 Å². The lowest BCUT2D eigenvalue weighted by Gasteiger charge is -2.38. The fraction of sp³-hybridized carbons (Fsp3) is 0.500. The van der Waals surface area contributed by atoms with Gasteiger partial charge in [0, 0.05) is 32.5 Å². The number of nitrogens with zero attached hydrogens (tertiary/aromatic N) is 2. The molecule has 1 aromatic carbocycles. The summed E-state index contributed by atoms with van der Waals surface area (Å²) in [7, 11) is 1.37. The largest absolute Gasteiger partial charge is 0.465 e. The van der Waals surface area contributed by atoms with E-state index in [1.807, 2.05) is 0 Å². The SMILES string of the molecule is COC1C(=O)N2CC3(COC(C)=O)CC=C(CC3)C2N=C1C(=O)NCc1ccc(F)c(C)c1. The Kier molecular flexibility index (Phi) is 6.34. The Morgan fingerprint density at radius 2 is 2.15 bits per heavy atom. The first-order valence-electron chi connectivity index (χ1n) is 11.0. The van der Waals surface area contributed by atoms with Crippen molar-refractivity contribution in [3.63, 3.8) is 0 Å². The van der Waals surface area contributed by atoms with Crippen LogP contribution < -0.4 is 5.32 Å². The lowest BCUT2D eigenvalue weighted by molar-refractivity contribution is -0.148. The third-order valence-corrected chi connectivity index (χ3v) is 6.62. The van der Waals surface area contributed by atoms with Gasteiger partial charge in [-0.1, -0.05) is 18.2 Å². The van der Waals surface area contributed by atoms with Crippen molar-refractivity contribution in [2.75, 3.05) is 20.3 Å². The minimum Gasteiger partial charge on any atom is -0.465 e. The van der Waals surface area contributed by atoms with Crippen molar-refractivity contribution >= 4 is 23.5 Å². The number of amides is 2. The van der Waals surface area contributed by atoms with Crippen LogP contribution in [0.25, 0.3) is 0 Å². The molecule has 2 bridgehead atoms. The van der Waals surface area contributed by atoms with Gasteiger partial charge in [-0.05, 0) is 49.0 Å². The summed E-state index contributed by atoms with van der Waals surface area (Å²) in [5, 5.41) is 2.77. The van der Waals surface area contributed by atoms with Crippen molar-refractivity contribution in [1.82, 2.24) is 10.2 Å². The average molecular weight is 458 g/mol. The zero-order valence-electron chi connectivity index (χ0n) is 19.0. The highest BCUT2D eigenvalue weighted by Gasteiger charge is 2.49. The molecule has 0 radical (unpaired) electrons. The molecule has 2 amide bonds. The van der Waals surface area contributed by atoms with Crippen molar-refractivity contribution < 1.29 is 28.2 Å². The van der Waals surface area contributed by atoms with E-state index < -0.39 is 18.2 Å². The van der Waals surface area contributed by atoms with E-state index in [1.54, 1.807) is 24.0 Å². The number of fused-ring (bicyclic) bond motifs is 2. The number of ether oxygens (including phenoxy) is 2. The van der Waals surface area contributed by atoms with Crippen LogP contribution in [0.1, 0.15) is 37.3 Å². The van der Waals surface area contributed by atoms with Crippen LogP contribution in [0.4, 0.5) is 4.39 Å². The number of nitrogens with one attached hydrogen (secondary N) is 1. The minimum absolute atomic E-state index is 0.0304. The van der Waals surface area contributed by atoms with Crippen molar-refractivity contribution in [2.45, 2.75) is 51.9 Å². The highest BCUT2D eigenvalue weighted by molar-refractivity contribution is 6.44. The molecule has 0 spiro atoms. The Labute approximate surface area is 191 Å². The topological polar surface area (TPSA) is 97.3 Å². The third-order valence-electron chi connectivity index (χ3n) is 6.62. The molecular weight excluding hydrogens is 429 g/mol. The van der Waals surface area contributed by atoms with Crippen LogP contribution in [0.2, 0.25) is 0 Å². The smallest absolute Gasteiger partial charge is 0.302 e. The molecule has 33 heavy (non-hydrogen) atoms. The predicted octanol–water partition coefficient (Wildman–Crippen LogP) is 2.05. The molecule has 1 aromatic rings. The van der Waals surface area contributed by atoms with Crippen molar-refractivity contribution in [1.29, 1.82) is 0 Å². The maximum absolute atomic E-state index is 13.5. The molecular formula is C24H28FN3O5. The van der Waals surface area contributed by atoms with Crippen LogP contribution >= 0.6 is 0 Å². The number of aryl methyl sites for hydroxylation is 1. The van der Waals surface area contributed by atoms with Crippen molar-refractivity contribution in [2.24, 2.45) is 10.4 Å². The number of aliphatic imine (C=N–C) groups is 1. The Bertz CT molecular complexity index is 1050. The standard InChI is InChI=1S/C24H28FN3O5/c1-14-10-16(4-5-18(14)25)11-26-22(30)19-20(32-3)23(31)28-12-24(13-33-15(2)29)8-6-17(7-9-24)21(28)27-19/h4-6,10,20-21H,7-9,11-13H2,1-3H3,(H,26,30). The van der Waals surface area contributed by atoms with Crippen molar-refractivity contribution in [3.05, 3.63) is 46.8 Å². The normalized spacial score (nSPS) is 26.2. The number of esters is 1. The van der Waals surface area contributed by atoms with Crippen LogP contribution in [0.3, 0.4) is 0 Å². The molecule has 4 aliphatic rings. The quantitative estimate of drug-likeness (QED) is 0.521. The van der Waals surface area contributed by atoms with Gasteiger partial charge in [-0.25, -0.2) is 4.39 Å². The van der Waals surface area contributed by atoms with Crippen LogP contribution in [0, 0.1) is 18.2 Å². The van der Waals surface area contributed by atoms with E-state index in [4.69, 9.17) is 9.47 Å². The number of halogens is 1. The fourth-order valence-corrected chi connectivity index (χ4v) is 4.72. The molecule has 0 aromatic heterocycles. The Hall–Kier alpha value is -3.07. The van der Waals surface area contributed by atoms with Crippen LogP contribution in [-0.2, 0) is 30.4 Å². The molecule has 8 nitrogen and oxygen atoms in total. The number of methoxy groups -OCH3 is 1. The highest BCUT2D eigenvalue weighted by atomic mass is 19.1. The molecule has 3 heterocycles. The number of rotatable bonds is 6. The van der Waals surface area contributed by atoms with E-state index in [0.29, 0.717) is 24.9 Å². The summed E-state index contributed by atoms with van der Waals surface area (Å²) in [6.45, 7) is 3.80. The summed E-state index contributed by atoms with van der Waals surface area (Å²) in [6.07, 6.45) is 2.51. The Morgan fingerprint density at radius 1 is 1.36 bits per heavy atom. The number of allylic oxidation sites excluding steroid dienone is 1. The number of hydrogen-bond donors (Lipinski definition) is 1. The summed E-state index contributed by atoms with van der Waals surface area (Å²) in [4.78, 5) is 44.1. The minimum atomic E-state index is -1.12. The fourth-order valence-electron chi connectivity index (χ4n) is 4.72. The first kappa shape index (κ1) is 23.1. The first-order chi connectivity index (χ1) is 15.7. The van der Waals surface area contributed by atoms with Gasteiger partial charge in [0.05, 0.1) is 6.61 Å². The predicted molar refractivity (Wildman–Crippen MR) is 118 cm³/mol. The molecule has 1 fully saturated rings. The summed E-state index contributed by atoms with van der Waals surface area (Å²) in [5.74, 6) is -1.49. The summed E-state index contributed by atoms with van der Waals surface area (Å²) in [5.41, 5.74) is 1.87. The third kappa shape index (κ3) is 4.55. The van der Waals surface area contributed by atoms with Crippen LogP contribution in [0.15, 0.2) is 34.8 Å². The molecule has 1 saturated heterocycles. The molecule has 3 atom stereocenters. The van der Waals surface area contributed by atoms with Gasteiger partial charge in [0.25, 0.3) is 11.8 Å². The lowest BCUT2D eigenvalue weighted by Crippen LogP contribution is -2.58. The van der Waals surface area contributed by atoms with Gasteiger partial charge in [-0.2, -0.15) is 0 Å². The van der Waals surface area contributed by atoms with E-state index >= 15 is 0 Å². The van der Waals surface area contributed by atoms with Gasteiger partial charge in [0.15, 0.2) is 6.10 Å². The summed E-state index contributed by atoms with van der Waals surface area (Å²) in [6, 6.07) is 4.62. The van der Waals surface area contributed by atoms with Gasteiger partial charge in [0.2, 0.25) is 0 Å². The molecule has 0 saturated carbocycles. The molecule has 3 unspecified atom stereocenters. The monoisotopic (exact) mass is 457 g/mol. The molecule has 1 N–H and O–H groups in total. The van der Waals surface area contributed by atoms with E-state index in [2.05, 4.69) is 16.4 Å². The van der Waals surface area contributed by atoms with Gasteiger partial charge >= 0.3 is 5.97 Å². The zero-order chi connectivity index (χ0) is 23.8. The number of carbonyl (C=O) groups is 3. The maximum Gasteiger partial charge on any atom is 0.302 e. The van der Waals surface area contributed by atoms with E-state index in [-0.39, 0.29) is 42.0 Å². The second kappa shape index (κ2) is 9.05. The van der Waals surface area contributed by atoms with Gasteiger partial charge in [-0.15, -0.1) is 0 Å². The van der Waals surface area contributed by atoms with Gasteiger partial charge < -0.3 is 19.7 Å². The molecule has 176 valence electrons.